The van der Waals surface area contributed by atoms with E-state index in [0.717, 1.165) is 0 Å². The van der Waals surface area contributed by atoms with Gasteiger partial charge in [-0.05, 0) is 6.42 Å². The number of hydrogen-bond acceptors (Lipinski definition) is 4. The summed E-state index contributed by atoms with van der Waals surface area (Å²) in [6.07, 6.45) is -38.0. The maximum Gasteiger partial charge on any atom is 0.462 e. The van der Waals surface area contributed by atoms with Crippen LogP contribution in [0, 0.1) is 0 Å². The molecule has 0 fully saturated rings. The molecule has 216 valence electrons. The van der Waals surface area contributed by atoms with Crippen molar-refractivity contribution in [3.63, 3.8) is 0 Å². The highest BCUT2D eigenvalue weighted by Crippen LogP contribution is 2.56. The molecule has 0 N–H and O–H groups in total. The molecular weight excluding hydrogens is 567 g/mol. The van der Waals surface area contributed by atoms with E-state index in [0.29, 0.717) is 12.8 Å². The smallest absolute Gasteiger partial charge is 0.461 e. The third-order valence-electron chi connectivity index (χ3n) is 3.86. The van der Waals surface area contributed by atoms with Crippen LogP contribution in [0.15, 0.2) is 0 Å². The molecule has 0 heterocycles. The standard InChI is InChI=1S/C15H13F17O4/c1-2-3-4-5-6-34-7(33)8(16,11(20,21)22)35-15(31,32)10(19,13(26,27)28)36-14(29,30)9(17,18)12(23,24)25/h2-6H2,1H3. The van der Waals surface area contributed by atoms with E-state index in [2.05, 4.69) is 4.74 Å². The molecule has 36 heavy (non-hydrogen) atoms. The molecule has 0 amide bonds. The van der Waals surface area contributed by atoms with E-state index in [1.54, 1.807) is 6.92 Å². The molecule has 0 bridgehead atoms. The number of rotatable bonds is 12. The summed E-state index contributed by atoms with van der Waals surface area (Å²) in [4.78, 5) is 11.3. The molecule has 0 saturated heterocycles. The van der Waals surface area contributed by atoms with Gasteiger partial charge in [-0.2, -0.15) is 74.6 Å². The van der Waals surface area contributed by atoms with E-state index in [1.807, 2.05) is 4.74 Å². The minimum Gasteiger partial charge on any atom is -0.461 e. The van der Waals surface area contributed by atoms with Crippen LogP contribution < -0.4 is 0 Å². The quantitative estimate of drug-likeness (QED) is 0.142. The maximum atomic E-state index is 14.1. The number of alkyl halides is 17. The number of hydrogen-bond donors (Lipinski definition) is 0. The summed E-state index contributed by atoms with van der Waals surface area (Å²) in [5.74, 6) is -26.3. The molecule has 0 rings (SSSR count). The Labute approximate surface area is 188 Å². The van der Waals surface area contributed by atoms with Gasteiger partial charge in [-0.25, -0.2) is 4.79 Å². The second-order valence-corrected chi connectivity index (χ2v) is 6.69. The van der Waals surface area contributed by atoms with Gasteiger partial charge in [0.25, 0.3) is 0 Å². The lowest BCUT2D eigenvalue weighted by Gasteiger charge is -2.39. The van der Waals surface area contributed by atoms with Crippen molar-refractivity contribution in [2.24, 2.45) is 0 Å². The number of esters is 1. The van der Waals surface area contributed by atoms with Crippen LogP contribution in [0.25, 0.3) is 0 Å². The molecule has 21 heteroatoms. The summed E-state index contributed by atoms with van der Waals surface area (Å²) in [5.41, 5.74) is 0. The Morgan fingerprint density at radius 3 is 1.42 bits per heavy atom. The fraction of sp³-hybridized carbons (Fsp3) is 0.933. The lowest BCUT2D eigenvalue weighted by molar-refractivity contribution is -0.548. The lowest BCUT2D eigenvalue weighted by Crippen LogP contribution is -2.68. The van der Waals surface area contributed by atoms with E-state index >= 15 is 0 Å². The van der Waals surface area contributed by atoms with Gasteiger partial charge in [0, 0.05) is 0 Å². The van der Waals surface area contributed by atoms with Gasteiger partial charge in [-0.1, -0.05) is 26.2 Å². The van der Waals surface area contributed by atoms with Crippen molar-refractivity contribution >= 4 is 5.97 Å². The van der Waals surface area contributed by atoms with Crippen molar-refractivity contribution in [2.75, 3.05) is 6.61 Å². The maximum absolute atomic E-state index is 14.1. The fourth-order valence-electron chi connectivity index (χ4n) is 1.93. The Bertz CT molecular complexity index is 744. The molecule has 0 saturated carbocycles. The summed E-state index contributed by atoms with van der Waals surface area (Å²) < 4.78 is 227. The molecule has 0 aliphatic heterocycles. The highest BCUT2D eigenvalue weighted by atomic mass is 19.4. The van der Waals surface area contributed by atoms with Gasteiger partial charge in [0.05, 0.1) is 6.61 Å². The first kappa shape index (κ1) is 34.2. The third kappa shape index (κ3) is 6.74. The number of unbranched alkanes of at least 4 members (excludes halogenated alkanes) is 3. The van der Waals surface area contributed by atoms with Crippen molar-refractivity contribution in [1.29, 1.82) is 0 Å². The Hall–Kier alpha value is -1.80. The topological polar surface area (TPSA) is 44.8 Å². The van der Waals surface area contributed by atoms with Gasteiger partial charge in [-0.15, -0.1) is 0 Å². The first-order valence-corrected chi connectivity index (χ1v) is 8.93. The molecule has 2 atom stereocenters. The van der Waals surface area contributed by atoms with Gasteiger partial charge in [0.1, 0.15) is 0 Å². The highest BCUT2D eigenvalue weighted by Gasteiger charge is 2.85. The molecular formula is C15H13F17O4. The van der Waals surface area contributed by atoms with Crippen molar-refractivity contribution in [2.45, 2.75) is 81.0 Å². The summed E-state index contributed by atoms with van der Waals surface area (Å²) in [7, 11) is 0. The molecule has 0 aromatic rings. The molecule has 0 spiro atoms. The second kappa shape index (κ2) is 10.5. The van der Waals surface area contributed by atoms with Crippen LogP contribution in [-0.2, 0) is 19.0 Å². The van der Waals surface area contributed by atoms with Crippen LogP contribution in [0.1, 0.15) is 32.6 Å². The zero-order valence-electron chi connectivity index (χ0n) is 17.1. The third-order valence-corrected chi connectivity index (χ3v) is 3.86. The van der Waals surface area contributed by atoms with Crippen LogP contribution >= 0.6 is 0 Å². The van der Waals surface area contributed by atoms with Gasteiger partial charge >= 0.3 is 54.3 Å². The minimum atomic E-state index is -8.04. The molecule has 0 aliphatic rings. The van der Waals surface area contributed by atoms with Gasteiger partial charge in [0.15, 0.2) is 0 Å². The van der Waals surface area contributed by atoms with E-state index < -0.39 is 61.0 Å². The van der Waals surface area contributed by atoms with E-state index in [1.165, 1.54) is 4.74 Å². The largest absolute Gasteiger partial charge is 0.462 e. The van der Waals surface area contributed by atoms with Gasteiger partial charge < -0.3 is 4.74 Å². The molecule has 0 aromatic heterocycles. The van der Waals surface area contributed by atoms with Gasteiger partial charge in [-0.3, -0.25) is 9.47 Å². The zero-order valence-corrected chi connectivity index (χ0v) is 17.1. The number of ether oxygens (including phenoxy) is 3. The van der Waals surface area contributed by atoms with E-state index in [9.17, 15) is 79.4 Å². The minimum absolute atomic E-state index is 0.0596. The van der Waals surface area contributed by atoms with Crippen LogP contribution in [0.4, 0.5) is 74.6 Å². The Kier molecular flexibility index (Phi) is 9.99. The Balaban J connectivity index is 6.44. The first-order chi connectivity index (χ1) is 15.6. The van der Waals surface area contributed by atoms with Crippen molar-refractivity contribution in [1.82, 2.24) is 0 Å². The summed E-state index contributed by atoms with van der Waals surface area (Å²) in [6, 6.07) is 0. The SMILES string of the molecule is CCCCCCOC(=O)C(F)(OC(F)(F)C(F)(OC(F)(F)C(F)(F)C(F)(F)F)C(F)(F)F)C(F)(F)F. The van der Waals surface area contributed by atoms with Crippen LogP contribution in [0.5, 0.6) is 0 Å². The normalized spacial score (nSPS) is 17.9. The lowest BCUT2D eigenvalue weighted by atomic mass is 10.2. The van der Waals surface area contributed by atoms with Crippen LogP contribution in [0.3, 0.4) is 0 Å². The summed E-state index contributed by atoms with van der Waals surface area (Å²) in [6.45, 7) is 0.375. The Morgan fingerprint density at radius 1 is 0.583 bits per heavy atom. The van der Waals surface area contributed by atoms with Crippen molar-refractivity contribution in [3.8, 4) is 0 Å². The predicted molar refractivity (Wildman–Crippen MR) is 78.0 cm³/mol. The van der Waals surface area contributed by atoms with Crippen LogP contribution in [-0.4, -0.2) is 61.0 Å². The average molecular weight is 580 g/mol. The van der Waals surface area contributed by atoms with E-state index in [-0.39, 0.29) is 12.8 Å². The second-order valence-electron chi connectivity index (χ2n) is 6.69. The average Bonchev–Trinajstić information content (AvgIpc) is 2.63. The Morgan fingerprint density at radius 2 is 1.06 bits per heavy atom. The number of halogens is 17. The molecule has 0 aromatic carbocycles. The fourth-order valence-corrected chi connectivity index (χ4v) is 1.93. The zero-order chi connectivity index (χ0) is 29.2. The molecule has 2 unspecified atom stereocenters. The predicted octanol–water partition coefficient (Wildman–Crippen LogP) is 6.98. The molecule has 0 radical (unpaired) electrons. The number of carbonyl (C=O) groups is 1. The van der Waals surface area contributed by atoms with E-state index in [4.69, 9.17) is 0 Å². The summed E-state index contributed by atoms with van der Waals surface area (Å²) in [5, 5.41) is 0. The van der Waals surface area contributed by atoms with Crippen LogP contribution in [0.2, 0.25) is 0 Å². The molecule has 4 nitrogen and oxygen atoms in total. The monoisotopic (exact) mass is 580 g/mol. The first-order valence-electron chi connectivity index (χ1n) is 8.93. The molecule has 0 aliphatic carbocycles. The van der Waals surface area contributed by atoms with Gasteiger partial charge in [0.2, 0.25) is 0 Å². The van der Waals surface area contributed by atoms with Crippen molar-refractivity contribution in [3.05, 3.63) is 0 Å². The number of carbonyl (C=O) groups excluding carboxylic acids is 1. The van der Waals surface area contributed by atoms with Crippen molar-refractivity contribution < 1.29 is 93.6 Å². The summed E-state index contributed by atoms with van der Waals surface area (Å²) >= 11 is 0. The highest BCUT2D eigenvalue weighted by molar-refractivity contribution is 5.78.